The number of nitrogens with two attached hydrogens (primary N) is 1. The highest BCUT2D eigenvalue weighted by atomic mass is 19.1. The van der Waals surface area contributed by atoms with Gasteiger partial charge in [0.1, 0.15) is 5.82 Å². The molecule has 18 heavy (non-hydrogen) atoms. The van der Waals surface area contributed by atoms with Gasteiger partial charge in [0.25, 0.3) is 0 Å². The minimum absolute atomic E-state index is 0.294. The van der Waals surface area contributed by atoms with Gasteiger partial charge in [-0.1, -0.05) is 17.7 Å². The second-order valence-corrected chi connectivity index (χ2v) is 4.29. The van der Waals surface area contributed by atoms with Gasteiger partial charge < -0.3 is 10.6 Å². The number of aryl methyl sites for hydroxylation is 1. The van der Waals surface area contributed by atoms with E-state index in [0.717, 1.165) is 5.69 Å². The van der Waals surface area contributed by atoms with Gasteiger partial charge in [0.05, 0.1) is 5.69 Å². The quantitative estimate of drug-likeness (QED) is 0.830. The third-order valence-corrected chi connectivity index (χ3v) is 2.92. The predicted octanol–water partition coefficient (Wildman–Crippen LogP) is 3.87. The zero-order valence-corrected chi connectivity index (χ0v) is 10.7. The van der Waals surface area contributed by atoms with Crippen molar-refractivity contribution in [2.45, 2.75) is 13.8 Å². The average Bonchev–Trinajstić information content (AvgIpc) is 2.35. The molecule has 0 spiro atoms. The number of benzene rings is 2. The molecule has 0 fully saturated rings. The molecular formula is C15H17FN2. The first-order valence-corrected chi connectivity index (χ1v) is 6.01. The Morgan fingerprint density at radius 1 is 1.11 bits per heavy atom. The second kappa shape index (κ2) is 5.08. The van der Waals surface area contributed by atoms with Crippen molar-refractivity contribution in [3.8, 4) is 0 Å². The van der Waals surface area contributed by atoms with E-state index >= 15 is 0 Å². The van der Waals surface area contributed by atoms with Crippen molar-refractivity contribution < 1.29 is 4.39 Å². The summed E-state index contributed by atoms with van der Waals surface area (Å²) in [7, 11) is 0. The summed E-state index contributed by atoms with van der Waals surface area (Å²) >= 11 is 0. The van der Waals surface area contributed by atoms with Crippen LogP contribution in [0.5, 0.6) is 0 Å². The van der Waals surface area contributed by atoms with Crippen molar-refractivity contribution in [1.82, 2.24) is 0 Å². The van der Waals surface area contributed by atoms with Crippen molar-refractivity contribution in [2.75, 3.05) is 17.2 Å². The van der Waals surface area contributed by atoms with Crippen LogP contribution in [-0.4, -0.2) is 6.54 Å². The fourth-order valence-electron chi connectivity index (χ4n) is 1.96. The summed E-state index contributed by atoms with van der Waals surface area (Å²) in [5.74, 6) is -0.294. The van der Waals surface area contributed by atoms with Gasteiger partial charge in [0.2, 0.25) is 0 Å². The normalized spacial score (nSPS) is 10.4. The highest BCUT2D eigenvalue weighted by molar-refractivity contribution is 5.65. The maximum Gasteiger partial charge on any atom is 0.148 e. The first-order valence-electron chi connectivity index (χ1n) is 6.01. The lowest BCUT2D eigenvalue weighted by molar-refractivity contribution is 0.626. The summed E-state index contributed by atoms with van der Waals surface area (Å²) in [6, 6.07) is 12.8. The largest absolute Gasteiger partial charge is 0.399 e. The van der Waals surface area contributed by atoms with Crippen LogP contribution in [0.15, 0.2) is 42.5 Å². The molecule has 0 aliphatic rings. The molecule has 0 amide bonds. The molecule has 2 aromatic rings. The Kier molecular flexibility index (Phi) is 3.51. The maximum absolute atomic E-state index is 13.9. The van der Waals surface area contributed by atoms with Crippen LogP contribution in [0.25, 0.3) is 0 Å². The second-order valence-electron chi connectivity index (χ2n) is 4.29. The van der Waals surface area contributed by atoms with Crippen LogP contribution >= 0.6 is 0 Å². The Balaban J connectivity index is 2.41. The zero-order chi connectivity index (χ0) is 13.1. The van der Waals surface area contributed by atoms with E-state index in [1.54, 1.807) is 12.1 Å². The average molecular weight is 244 g/mol. The molecule has 0 saturated carbocycles. The van der Waals surface area contributed by atoms with Gasteiger partial charge in [-0.05, 0) is 44.2 Å². The van der Waals surface area contributed by atoms with Crippen molar-refractivity contribution in [1.29, 1.82) is 0 Å². The summed E-state index contributed by atoms with van der Waals surface area (Å²) in [5, 5.41) is 0. The first-order chi connectivity index (χ1) is 8.61. The number of hydrogen-bond acceptors (Lipinski definition) is 2. The molecule has 0 aliphatic carbocycles. The number of rotatable bonds is 3. The molecule has 3 heteroatoms. The molecule has 2 nitrogen and oxygen atoms in total. The molecule has 2 N–H and O–H groups in total. The number of nitrogens with zero attached hydrogens (tertiary/aromatic N) is 1. The summed E-state index contributed by atoms with van der Waals surface area (Å²) in [4.78, 5) is 1.92. The smallest absolute Gasteiger partial charge is 0.148 e. The van der Waals surface area contributed by atoms with E-state index < -0.39 is 0 Å². The third-order valence-electron chi connectivity index (χ3n) is 2.92. The summed E-state index contributed by atoms with van der Waals surface area (Å²) in [6.45, 7) is 4.73. The van der Waals surface area contributed by atoms with Crippen LogP contribution in [0.3, 0.4) is 0 Å². The van der Waals surface area contributed by atoms with E-state index in [4.69, 9.17) is 5.73 Å². The minimum Gasteiger partial charge on any atom is -0.399 e. The lowest BCUT2D eigenvalue weighted by Gasteiger charge is -2.24. The Labute approximate surface area is 107 Å². The van der Waals surface area contributed by atoms with E-state index in [1.807, 2.05) is 43.0 Å². The van der Waals surface area contributed by atoms with E-state index in [1.165, 1.54) is 11.6 Å². The standard InChI is InChI=1S/C15H17FN2/c1-3-18(13-7-4-11(2)5-8-13)15-9-6-12(17)10-14(15)16/h4-10H,3,17H2,1-2H3. The Bertz CT molecular complexity index is 535. The molecular weight excluding hydrogens is 227 g/mol. The minimum atomic E-state index is -0.294. The molecule has 0 heterocycles. The van der Waals surface area contributed by atoms with Gasteiger partial charge in [-0.3, -0.25) is 0 Å². The van der Waals surface area contributed by atoms with Gasteiger partial charge in [-0.15, -0.1) is 0 Å². The lowest BCUT2D eigenvalue weighted by Crippen LogP contribution is -2.17. The fraction of sp³-hybridized carbons (Fsp3) is 0.200. The van der Waals surface area contributed by atoms with Gasteiger partial charge in [0.15, 0.2) is 0 Å². The molecule has 0 bridgehead atoms. The molecule has 0 radical (unpaired) electrons. The molecule has 0 unspecified atom stereocenters. The molecule has 0 aromatic heterocycles. The monoisotopic (exact) mass is 244 g/mol. The van der Waals surface area contributed by atoms with Crippen LogP contribution in [0.2, 0.25) is 0 Å². The number of hydrogen-bond donors (Lipinski definition) is 1. The number of anilines is 3. The van der Waals surface area contributed by atoms with Crippen LogP contribution in [0.1, 0.15) is 12.5 Å². The maximum atomic E-state index is 13.9. The van der Waals surface area contributed by atoms with Gasteiger partial charge >= 0.3 is 0 Å². The van der Waals surface area contributed by atoms with Crippen molar-refractivity contribution in [3.63, 3.8) is 0 Å². The van der Waals surface area contributed by atoms with Crippen LogP contribution < -0.4 is 10.6 Å². The number of nitrogen functional groups attached to an aromatic ring is 1. The van der Waals surface area contributed by atoms with E-state index in [2.05, 4.69) is 0 Å². The topological polar surface area (TPSA) is 29.3 Å². The van der Waals surface area contributed by atoms with Gasteiger partial charge in [-0.2, -0.15) is 0 Å². The Hall–Kier alpha value is -2.03. The van der Waals surface area contributed by atoms with Crippen LogP contribution in [0.4, 0.5) is 21.5 Å². The van der Waals surface area contributed by atoms with Gasteiger partial charge in [0, 0.05) is 17.9 Å². The van der Waals surface area contributed by atoms with E-state index in [9.17, 15) is 4.39 Å². The van der Waals surface area contributed by atoms with Crippen LogP contribution in [-0.2, 0) is 0 Å². The fourth-order valence-corrected chi connectivity index (χ4v) is 1.96. The van der Waals surface area contributed by atoms with Crippen LogP contribution in [0, 0.1) is 12.7 Å². The molecule has 94 valence electrons. The molecule has 0 saturated heterocycles. The molecule has 0 atom stereocenters. The molecule has 2 rings (SSSR count). The van der Waals surface area contributed by atoms with Gasteiger partial charge in [-0.25, -0.2) is 4.39 Å². The third kappa shape index (κ3) is 2.45. The van der Waals surface area contributed by atoms with Crippen molar-refractivity contribution >= 4 is 17.1 Å². The van der Waals surface area contributed by atoms with E-state index in [-0.39, 0.29) is 5.82 Å². The van der Waals surface area contributed by atoms with E-state index in [0.29, 0.717) is 17.9 Å². The summed E-state index contributed by atoms with van der Waals surface area (Å²) in [5.41, 5.74) is 8.73. The Morgan fingerprint density at radius 3 is 2.33 bits per heavy atom. The summed E-state index contributed by atoms with van der Waals surface area (Å²) in [6.07, 6.45) is 0. The SMILES string of the molecule is CCN(c1ccc(C)cc1)c1ccc(N)cc1F. The first kappa shape index (κ1) is 12.4. The lowest BCUT2D eigenvalue weighted by atomic mass is 10.2. The van der Waals surface area contributed by atoms with Crippen molar-refractivity contribution in [2.24, 2.45) is 0 Å². The number of halogens is 1. The highest BCUT2D eigenvalue weighted by Gasteiger charge is 2.11. The molecule has 2 aromatic carbocycles. The predicted molar refractivity (Wildman–Crippen MR) is 74.7 cm³/mol. The van der Waals surface area contributed by atoms with Crippen molar-refractivity contribution in [3.05, 3.63) is 53.8 Å². The Morgan fingerprint density at radius 2 is 1.78 bits per heavy atom. The summed E-state index contributed by atoms with van der Waals surface area (Å²) < 4.78 is 13.9. The zero-order valence-electron chi connectivity index (χ0n) is 10.7. The molecule has 0 aliphatic heterocycles. The highest BCUT2D eigenvalue weighted by Crippen LogP contribution is 2.28.